The number of ether oxygens (including phenoxy) is 1. The van der Waals surface area contributed by atoms with Crippen LogP contribution in [0.3, 0.4) is 0 Å². The minimum Gasteiger partial charge on any atom is -0.385 e. The van der Waals surface area contributed by atoms with Gasteiger partial charge in [0.25, 0.3) is 0 Å². The lowest BCUT2D eigenvalue weighted by Gasteiger charge is -2.30. The van der Waals surface area contributed by atoms with Gasteiger partial charge in [0.05, 0.1) is 5.75 Å². The van der Waals surface area contributed by atoms with E-state index in [1.54, 1.807) is 14.2 Å². The molecule has 2 aliphatic rings. The van der Waals surface area contributed by atoms with Crippen LogP contribution in [-0.2, 0) is 14.8 Å². The third-order valence-corrected chi connectivity index (χ3v) is 7.18. The van der Waals surface area contributed by atoms with E-state index in [0.29, 0.717) is 25.0 Å². The van der Waals surface area contributed by atoms with E-state index in [-0.39, 0.29) is 11.2 Å². The van der Waals surface area contributed by atoms with Gasteiger partial charge in [-0.25, -0.2) is 13.1 Å². The molecule has 0 amide bonds. The van der Waals surface area contributed by atoms with Gasteiger partial charge in [-0.15, -0.1) is 0 Å². The predicted molar refractivity (Wildman–Crippen MR) is 106 cm³/mol. The summed E-state index contributed by atoms with van der Waals surface area (Å²) >= 11 is 0. The highest BCUT2D eigenvalue weighted by Crippen LogP contribution is 2.40. The van der Waals surface area contributed by atoms with Crippen LogP contribution in [0.5, 0.6) is 0 Å². The Hall–Kier alpha value is -0.860. The fraction of sp³-hybridized carbons (Fsp3) is 0.944. The molecule has 0 heterocycles. The SMILES string of the molecule is CN=C(NCCS(=O)(=O)NCC1CCC1)NCC1(CCOC)CCCC1. The number of guanidine groups is 1. The van der Waals surface area contributed by atoms with Gasteiger partial charge >= 0.3 is 0 Å². The molecule has 2 rings (SSSR count). The van der Waals surface area contributed by atoms with Crippen molar-refractivity contribution in [3.05, 3.63) is 0 Å². The normalized spacial score (nSPS) is 20.8. The number of sulfonamides is 1. The van der Waals surface area contributed by atoms with Crippen molar-refractivity contribution >= 4 is 16.0 Å². The van der Waals surface area contributed by atoms with Crippen molar-refractivity contribution in [2.75, 3.05) is 46.2 Å². The fourth-order valence-electron chi connectivity index (χ4n) is 3.77. The predicted octanol–water partition coefficient (Wildman–Crippen LogP) is 1.47. The zero-order chi connectivity index (χ0) is 18.9. The lowest BCUT2D eigenvalue weighted by Crippen LogP contribution is -2.45. The number of aliphatic imine (C=N–C) groups is 1. The zero-order valence-electron chi connectivity index (χ0n) is 16.3. The molecule has 8 heteroatoms. The van der Waals surface area contributed by atoms with E-state index < -0.39 is 10.0 Å². The van der Waals surface area contributed by atoms with Crippen molar-refractivity contribution in [3.8, 4) is 0 Å². The highest BCUT2D eigenvalue weighted by Gasteiger charge is 2.33. The molecular formula is C18H36N4O3S. The molecule has 26 heavy (non-hydrogen) atoms. The van der Waals surface area contributed by atoms with Crippen LogP contribution in [0.2, 0.25) is 0 Å². The van der Waals surface area contributed by atoms with Crippen LogP contribution in [0.1, 0.15) is 51.4 Å². The molecule has 0 aromatic rings. The monoisotopic (exact) mass is 388 g/mol. The summed E-state index contributed by atoms with van der Waals surface area (Å²) in [7, 11) is 0.240. The van der Waals surface area contributed by atoms with Crippen LogP contribution in [-0.4, -0.2) is 60.5 Å². The van der Waals surface area contributed by atoms with E-state index >= 15 is 0 Å². The van der Waals surface area contributed by atoms with Gasteiger partial charge < -0.3 is 15.4 Å². The van der Waals surface area contributed by atoms with Gasteiger partial charge in [-0.1, -0.05) is 19.3 Å². The first kappa shape index (κ1) is 21.4. The summed E-state index contributed by atoms with van der Waals surface area (Å²) in [6, 6.07) is 0. The van der Waals surface area contributed by atoms with Crippen molar-refractivity contribution in [2.45, 2.75) is 51.4 Å². The Morgan fingerprint density at radius 2 is 1.92 bits per heavy atom. The molecule has 2 saturated carbocycles. The van der Waals surface area contributed by atoms with Crippen LogP contribution in [0.15, 0.2) is 4.99 Å². The van der Waals surface area contributed by atoms with Gasteiger partial charge in [-0.3, -0.25) is 4.99 Å². The van der Waals surface area contributed by atoms with Gasteiger partial charge in [-0.2, -0.15) is 0 Å². The van der Waals surface area contributed by atoms with E-state index in [4.69, 9.17) is 4.74 Å². The Morgan fingerprint density at radius 1 is 1.19 bits per heavy atom. The summed E-state index contributed by atoms with van der Waals surface area (Å²) in [5, 5.41) is 6.51. The Bertz CT molecular complexity index is 541. The van der Waals surface area contributed by atoms with Crippen molar-refractivity contribution in [1.82, 2.24) is 15.4 Å². The Labute approximate surface area is 158 Å². The highest BCUT2D eigenvalue weighted by atomic mass is 32.2. The quantitative estimate of drug-likeness (QED) is 0.368. The lowest BCUT2D eigenvalue weighted by atomic mass is 9.83. The number of methoxy groups -OCH3 is 1. The Kier molecular flexibility index (Phi) is 8.63. The third-order valence-electron chi connectivity index (χ3n) is 5.84. The molecule has 0 saturated heterocycles. The van der Waals surface area contributed by atoms with Crippen molar-refractivity contribution in [3.63, 3.8) is 0 Å². The molecule has 152 valence electrons. The largest absolute Gasteiger partial charge is 0.385 e. The van der Waals surface area contributed by atoms with Gasteiger partial charge in [0.2, 0.25) is 10.0 Å². The molecule has 2 fully saturated rings. The summed E-state index contributed by atoms with van der Waals surface area (Å²) in [6.07, 6.45) is 9.50. The van der Waals surface area contributed by atoms with Gasteiger partial charge in [0, 0.05) is 40.4 Å². The second-order valence-corrected chi connectivity index (χ2v) is 9.69. The van der Waals surface area contributed by atoms with Crippen molar-refractivity contribution in [2.24, 2.45) is 16.3 Å². The summed E-state index contributed by atoms with van der Waals surface area (Å²) in [6.45, 7) is 2.56. The van der Waals surface area contributed by atoms with Gasteiger partial charge in [0.1, 0.15) is 0 Å². The second kappa shape index (κ2) is 10.5. The minimum atomic E-state index is -3.22. The summed E-state index contributed by atoms with van der Waals surface area (Å²) in [5.74, 6) is 1.26. The summed E-state index contributed by atoms with van der Waals surface area (Å²) in [5.41, 5.74) is 0.268. The van der Waals surface area contributed by atoms with E-state index in [0.717, 1.165) is 32.4 Å². The molecular weight excluding hydrogens is 352 g/mol. The average Bonchev–Trinajstić information content (AvgIpc) is 3.03. The second-order valence-electron chi connectivity index (χ2n) is 7.77. The van der Waals surface area contributed by atoms with Gasteiger partial charge in [0.15, 0.2) is 5.96 Å². The molecule has 0 atom stereocenters. The van der Waals surface area contributed by atoms with E-state index in [1.165, 1.54) is 32.1 Å². The van der Waals surface area contributed by atoms with Crippen molar-refractivity contribution in [1.29, 1.82) is 0 Å². The number of hydrogen-bond donors (Lipinski definition) is 3. The van der Waals surface area contributed by atoms with E-state index in [9.17, 15) is 8.42 Å². The van der Waals surface area contributed by atoms with Crippen LogP contribution in [0.4, 0.5) is 0 Å². The molecule has 0 bridgehead atoms. The molecule has 0 spiro atoms. The maximum absolute atomic E-state index is 12.1. The molecule has 0 aliphatic heterocycles. The first-order valence-electron chi connectivity index (χ1n) is 9.89. The van der Waals surface area contributed by atoms with E-state index in [1.807, 2.05) is 0 Å². The van der Waals surface area contributed by atoms with E-state index in [2.05, 4.69) is 20.3 Å². The highest BCUT2D eigenvalue weighted by molar-refractivity contribution is 7.89. The number of nitrogens with one attached hydrogen (secondary N) is 3. The smallest absolute Gasteiger partial charge is 0.213 e. The zero-order valence-corrected chi connectivity index (χ0v) is 17.2. The first-order valence-corrected chi connectivity index (χ1v) is 11.5. The molecule has 0 unspecified atom stereocenters. The maximum Gasteiger partial charge on any atom is 0.213 e. The fourth-order valence-corrected chi connectivity index (χ4v) is 4.77. The number of hydrogen-bond acceptors (Lipinski definition) is 4. The minimum absolute atomic E-state index is 0.0647. The topological polar surface area (TPSA) is 91.8 Å². The van der Waals surface area contributed by atoms with Crippen LogP contribution in [0.25, 0.3) is 0 Å². The van der Waals surface area contributed by atoms with Crippen LogP contribution in [0, 0.1) is 11.3 Å². The summed E-state index contributed by atoms with van der Waals surface area (Å²) in [4.78, 5) is 4.22. The maximum atomic E-state index is 12.1. The molecule has 0 aromatic heterocycles. The first-order chi connectivity index (χ1) is 12.5. The average molecular weight is 389 g/mol. The van der Waals surface area contributed by atoms with Crippen molar-refractivity contribution < 1.29 is 13.2 Å². The Morgan fingerprint density at radius 3 is 2.50 bits per heavy atom. The molecule has 7 nitrogen and oxygen atoms in total. The van der Waals surface area contributed by atoms with Crippen LogP contribution >= 0.6 is 0 Å². The molecule has 0 aromatic carbocycles. The summed E-state index contributed by atoms with van der Waals surface area (Å²) < 4.78 is 32.1. The molecule has 3 N–H and O–H groups in total. The third kappa shape index (κ3) is 7.04. The standard InChI is InChI=1S/C18H36N4O3S/c1-19-17(21-15-18(10-12-25-2)8-3-4-9-18)20-11-13-26(23,24)22-14-16-6-5-7-16/h16,22H,3-15H2,1-2H3,(H2,19,20,21). The van der Waals surface area contributed by atoms with Gasteiger partial charge in [-0.05, 0) is 43.4 Å². The molecule has 0 radical (unpaired) electrons. The number of nitrogens with zero attached hydrogens (tertiary/aromatic N) is 1. The lowest BCUT2D eigenvalue weighted by molar-refractivity contribution is 0.138. The van der Waals surface area contributed by atoms with Crippen LogP contribution < -0.4 is 15.4 Å². The molecule has 2 aliphatic carbocycles. The number of rotatable bonds is 11. The Balaban J connectivity index is 1.69.